The van der Waals surface area contributed by atoms with Crippen molar-refractivity contribution in [2.24, 2.45) is 0 Å². The Bertz CT molecular complexity index is 883. The van der Waals surface area contributed by atoms with Crippen molar-refractivity contribution in [1.82, 2.24) is 4.57 Å². The van der Waals surface area contributed by atoms with Crippen LogP contribution in [0.5, 0.6) is 5.75 Å². The standard InChI is InChI=1S/C20H19NO3/c22-20(23)11-17-8-7-16-10-15-6-9-18(12-19(15)21(16)17)24-13-14-4-2-1-3-5-14/h1-6,9-10,12,17H,7-8,11,13H2,(H,22,23). The van der Waals surface area contributed by atoms with Crippen molar-refractivity contribution in [3.8, 4) is 5.75 Å². The van der Waals surface area contributed by atoms with Crippen LogP contribution in [0.4, 0.5) is 0 Å². The van der Waals surface area contributed by atoms with Crippen LogP contribution in [0, 0.1) is 0 Å². The lowest BCUT2D eigenvalue weighted by atomic mass is 10.1. The zero-order valence-corrected chi connectivity index (χ0v) is 13.3. The molecule has 0 spiro atoms. The summed E-state index contributed by atoms with van der Waals surface area (Å²) in [5, 5.41) is 10.3. The normalized spacial score (nSPS) is 16.2. The summed E-state index contributed by atoms with van der Waals surface area (Å²) in [5.74, 6) is 0.0689. The first-order chi connectivity index (χ1) is 11.7. The number of rotatable bonds is 5. The van der Waals surface area contributed by atoms with E-state index in [0.29, 0.717) is 6.61 Å². The summed E-state index contributed by atoms with van der Waals surface area (Å²) in [6.45, 7) is 0.526. The third kappa shape index (κ3) is 2.75. The van der Waals surface area contributed by atoms with Crippen LogP contribution in [0.15, 0.2) is 54.6 Å². The Morgan fingerprint density at radius 3 is 2.79 bits per heavy atom. The molecule has 4 rings (SSSR count). The zero-order valence-electron chi connectivity index (χ0n) is 13.3. The van der Waals surface area contributed by atoms with Gasteiger partial charge in [0.05, 0.1) is 11.9 Å². The van der Waals surface area contributed by atoms with E-state index >= 15 is 0 Å². The first kappa shape index (κ1) is 14.8. The summed E-state index contributed by atoms with van der Waals surface area (Å²) < 4.78 is 8.10. The average Bonchev–Trinajstić information content (AvgIpc) is 3.13. The van der Waals surface area contributed by atoms with Gasteiger partial charge in [0.25, 0.3) is 0 Å². The minimum atomic E-state index is -0.744. The summed E-state index contributed by atoms with van der Waals surface area (Å²) in [7, 11) is 0. The molecule has 0 bridgehead atoms. The van der Waals surface area contributed by atoms with E-state index in [2.05, 4.69) is 16.7 Å². The highest BCUT2D eigenvalue weighted by atomic mass is 16.5. The molecule has 1 atom stereocenters. The molecule has 0 amide bonds. The van der Waals surface area contributed by atoms with Crippen LogP contribution in [0.3, 0.4) is 0 Å². The Morgan fingerprint density at radius 2 is 2.00 bits per heavy atom. The Balaban J connectivity index is 1.62. The molecule has 24 heavy (non-hydrogen) atoms. The fourth-order valence-electron chi connectivity index (χ4n) is 3.55. The zero-order chi connectivity index (χ0) is 16.5. The highest BCUT2D eigenvalue weighted by Crippen LogP contribution is 2.36. The van der Waals surface area contributed by atoms with Crippen LogP contribution in [0.25, 0.3) is 10.9 Å². The molecule has 2 aromatic carbocycles. The lowest BCUT2D eigenvalue weighted by Crippen LogP contribution is -2.09. The predicted molar refractivity (Wildman–Crippen MR) is 92.3 cm³/mol. The van der Waals surface area contributed by atoms with Crippen LogP contribution in [-0.4, -0.2) is 15.6 Å². The Labute approximate surface area is 140 Å². The maximum absolute atomic E-state index is 11.1. The number of carboxylic acid groups (broad SMARTS) is 1. The molecule has 1 N–H and O–H groups in total. The van der Waals surface area contributed by atoms with Crippen molar-refractivity contribution in [3.05, 3.63) is 65.9 Å². The van der Waals surface area contributed by atoms with Crippen molar-refractivity contribution in [1.29, 1.82) is 0 Å². The third-order valence-electron chi connectivity index (χ3n) is 4.65. The molecule has 0 aliphatic carbocycles. The Kier molecular flexibility index (Phi) is 3.73. The maximum atomic E-state index is 11.1. The van der Waals surface area contributed by atoms with E-state index < -0.39 is 5.97 Å². The summed E-state index contributed by atoms with van der Waals surface area (Å²) in [4.78, 5) is 11.1. The number of aryl methyl sites for hydroxylation is 1. The van der Waals surface area contributed by atoms with Gasteiger partial charge in [-0.2, -0.15) is 0 Å². The number of carbonyl (C=O) groups is 1. The summed E-state index contributed by atoms with van der Waals surface area (Å²) in [6, 6.07) is 18.3. The minimum Gasteiger partial charge on any atom is -0.489 e. The number of nitrogens with zero attached hydrogens (tertiary/aromatic N) is 1. The van der Waals surface area contributed by atoms with Gasteiger partial charge in [-0.3, -0.25) is 4.79 Å². The molecule has 0 radical (unpaired) electrons. The second-order valence-corrected chi connectivity index (χ2v) is 6.29. The highest BCUT2D eigenvalue weighted by molar-refractivity contribution is 5.83. The van der Waals surface area contributed by atoms with Crippen molar-refractivity contribution in [2.75, 3.05) is 0 Å². The molecule has 4 nitrogen and oxygen atoms in total. The van der Waals surface area contributed by atoms with E-state index in [1.54, 1.807) is 0 Å². The SMILES string of the molecule is O=C(O)CC1CCc2cc3ccc(OCc4ccccc4)cc3n21. The molecule has 0 fully saturated rings. The molecule has 1 aromatic heterocycles. The van der Waals surface area contributed by atoms with Gasteiger partial charge in [-0.05, 0) is 36.6 Å². The van der Waals surface area contributed by atoms with Gasteiger partial charge in [0.1, 0.15) is 12.4 Å². The summed E-state index contributed by atoms with van der Waals surface area (Å²) in [5.41, 5.74) is 3.41. The molecule has 122 valence electrons. The van der Waals surface area contributed by atoms with Gasteiger partial charge in [0.15, 0.2) is 0 Å². The molecule has 2 heterocycles. The smallest absolute Gasteiger partial charge is 0.305 e. The quantitative estimate of drug-likeness (QED) is 0.767. The lowest BCUT2D eigenvalue weighted by Gasteiger charge is -2.13. The van der Waals surface area contributed by atoms with Crippen LogP contribution in [-0.2, 0) is 17.8 Å². The molecule has 1 unspecified atom stereocenters. The van der Waals surface area contributed by atoms with Crippen LogP contribution in [0.1, 0.15) is 30.1 Å². The Morgan fingerprint density at radius 1 is 1.17 bits per heavy atom. The van der Waals surface area contributed by atoms with Crippen LogP contribution >= 0.6 is 0 Å². The number of ether oxygens (including phenoxy) is 1. The van der Waals surface area contributed by atoms with Gasteiger partial charge in [-0.25, -0.2) is 0 Å². The molecule has 1 aliphatic rings. The van der Waals surface area contributed by atoms with Gasteiger partial charge in [0, 0.05) is 23.2 Å². The van der Waals surface area contributed by atoms with Crippen LogP contribution < -0.4 is 4.74 Å². The molecular formula is C20H19NO3. The lowest BCUT2D eigenvalue weighted by molar-refractivity contribution is -0.137. The molecule has 0 saturated carbocycles. The first-order valence-corrected chi connectivity index (χ1v) is 8.23. The number of carboxylic acids is 1. The second-order valence-electron chi connectivity index (χ2n) is 6.29. The van der Waals surface area contributed by atoms with Gasteiger partial charge in [-0.1, -0.05) is 30.3 Å². The van der Waals surface area contributed by atoms with E-state index in [1.807, 2.05) is 42.5 Å². The van der Waals surface area contributed by atoms with E-state index in [4.69, 9.17) is 9.84 Å². The molecule has 3 aromatic rings. The maximum Gasteiger partial charge on any atom is 0.305 e. The van der Waals surface area contributed by atoms with Crippen molar-refractivity contribution in [3.63, 3.8) is 0 Å². The number of fused-ring (bicyclic) bond motifs is 3. The molecule has 0 saturated heterocycles. The average molecular weight is 321 g/mol. The number of hydrogen-bond donors (Lipinski definition) is 1. The summed E-state index contributed by atoms with van der Waals surface area (Å²) >= 11 is 0. The largest absolute Gasteiger partial charge is 0.489 e. The van der Waals surface area contributed by atoms with E-state index in [9.17, 15) is 4.79 Å². The molecule has 1 aliphatic heterocycles. The van der Waals surface area contributed by atoms with Crippen LogP contribution in [0.2, 0.25) is 0 Å². The number of benzene rings is 2. The number of aliphatic carboxylic acids is 1. The molecule has 4 heteroatoms. The topological polar surface area (TPSA) is 51.5 Å². The highest BCUT2D eigenvalue weighted by Gasteiger charge is 2.26. The predicted octanol–water partition coefficient (Wildman–Crippen LogP) is 4.18. The third-order valence-corrected chi connectivity index (χ3v) is 4.65. The van der Waals surface area contributed by atoms with Crippen molar-refractivity contribution >= 4 is 16.9 Å². The Hall–Kier alpha value is -2.75. The first-order valence-electron chi connectivity index (χ1n) is 8.23. The van der Waals surface area contributed by atoms with E-state index in [-0.39, 0.29) is 12.5 Å². The number of hydrogen-bond acceptors (Lipinski definition) is 2. The van der Waals surface area contributed by atoms with Gasteiger partial charge < -0.3 is 14.4 Å². The number of aromatic nitrogens is 1. The fourth-order valence-corrected chi connectivity index (χ4v) is 3.55. The van der Waals surface area contributed by atoms with Gasteiger partial charge in [-0.15, -0.1) is 0 Å². The van der Waals surface area contributed by atoms with Crippen molar-refractivity contribution < 1.29 is 14.6 Å². The van der Waals surface area contributed by atoms with Crippen molar-refractivity contribution in [2.45, 2.75) is 31.9 Å². The van der Waals surface area contributed by atoms with Gasteiger partial charge in [0.2, 0.25) is 0 Å². The molecular weight excluding hydrogens is 302 g/mol. The van der Waals surface area contributed by atoms with Gasteiger partial charge >= 0.3 is 5.97 Å². The van der Waals surface area contributed by atoms with E-state index in [1.165, 1.54) is 5.69 Å². The second kappa shape index (κ2) is 6.04. The summed E-state index contributed by atoms with van der Waals surface area (Å²) in [6.07, 6.45) is 2.01. The minimum absolute atomic E-state index is 0.0411. The monoisotopic (exact) mass is 321 g/mol. The fraction of sp³-hybridized carbons (Fsp3) is 0.250. The van der Waals surface area contributed by atoms with E-state index in [0.717, 1.165) is 35.1 Å².